The van der Waals surface area contributed by atoms with Gasteiger partial charge in [-0.1, -0.05) is 51.0 Å². The van der Waals surface area contributed by atoms with Crippen LogP contribution in [-0.4, -0.2) is 98.5 Å². The number of hydrogen-bond donors (Lipinski definition) is 0. The Morgan fingerprint density at radius 3 is 1.19 bits per heavy atom. The molecule has 172 valence electrons. The molecule has 8 nitrogen and oxygen atoms in total. The fourth-order valence-electron chi connectivity index (χ4n) is 2.16. The molecule has 0 aromatic carbocycles. The number of carboxylic acids is 2. The second-order valence-electron chi connectivity index (χ2n) is 6.84. The van der Waals surface area contributed by atoms with Crippen molar-refractivity contribution in [2.75, 3.05) is 27.2 Å². The zero-order valence-corrected chi connectivity index (χ0v) is 21.6. The Labute approximate surface area is 216 Å². The molecule has 0 saturated heterocycles. The summed E-state index contributed by atoms with van der Waals surface area (Å²) in [4.78, 5) is 45.4. The number of carbonyl (C=O) groups excluding carboxylic acids is 4. The van der Waals surface area contributed by atoms with Gasteiger partial charge in [0.25, 0.3) is 0 Å². The van der Waals surface area contributed by atoms with Crippen LogP contribution in [0.5, 0.6) is 0 Å². The van der Waals surface area contributed by atoms with Gasteiger partial charge in [-0.25, -0.2) is 0 Å². The molecule has 0 aliphatic rings. The van der Waals surface area contributed by atoms with Gasteiger partial charge in [0.15, 0.2) is 0 Å². The number of carbonyl (C=O) groups is 4. The fourth-order valence-corrected chi connectivity index (χ4v) is 2.16. The summed E-state index contributed by atoms with van der Waals surface area (Å²) in [6.07, 6.45) is 14.2. The van der Waals surface area contributed by atoms with Gasteiger partial charge < -0.3 is 29.6 Å². The van der Waals surface area contributed by atoms with E-state index in [9.17, 15) is 29.4 Å². The Hall–Kier alpha value is -1.38. The van der Waals surface area contributed by atoms with Gasteiger partial charge in [-0.05, 0) is 25.7 Å². The van der Waals surface area contributed by atoms with Crippen molar-refractivity contribution in [2.45, 2.75) is 65.2 Å². The van der Waals surface area contributed by atoms with Crippen molar-refractivity contribution in [1.82, 2.24) is 9.80 Å². The van der Waals surface area contributed by atoms with E-state index in [-0.39, 0.29) is 62.6 Å². The molecule has 0 heterocycles. The van der Waals surface area contributed by atoms with E-state index in [4.69, 9.17) is 0 Å². The van der Waals surface area contributed by atoms with Crippen molar-refractivity contribution < 1.29 is 29.4 Å². The summed E-state index contributed by atoms with van der Waals surface area (Å²) >= 11 is 0. The van der Waals surface area contributed by atoms with Crippen LogP contribution in [0, 0.1) is 0 Å². The van der Waals surface area contributed by atoms with Crippen molar-refractivity contribution >= 4 is 61.5 Å². The number of nitrogens with zero attached hydrogens (tertiary/aromatic N) is 2. The third kappa shape index (κ3) is 24.8. The summed E-state index contributed by atoms with van der Waals surface area (Å²) in [7, 11) is 2.93. The van der Waals surface area contributed by atoms with Crippen molar-refractivity contribution in [3.8, 4) is 0 Å². The second-order valence-corrected chi connectivity index (χ2v) is 6.84. The van der Waals surface area contributed by atoms with Crippen molar-refractivity contribution in [1.29, 1.82) is 0 Å². The average Bonchev–Trinajstić information content (AvgIpc) is 2.66. The minimum absolute atomic E-state index is 0. The number of allylic oxidation sites excluding steroid dienone is 4. The average molecular weight is 465 g/mol. The van der Waals surface area contributed by atoms with E-state index in [1.165, 1.54) is 23.9 Å². The van der Waals surface area contributed by atoms with Crippen LogP contribution in [0.25, 0.3) is 0 Å². The minimum atomic E-state index is -1.23. The number of carboxylic acid groups (broad SMARTS) is 2. The van der Waals surface area contributed by atoms with E-state index >= 15 is 0 Å². The molecule has 0 aliphatic heterocycles. The first-order valence-corrected chi connectivity index (χ1v) is 10.3. The first-order chi connectivity index (χ1) is 14.1. The maximum absolute atomic E-state index is 11.3. The smallest absolute Gasteiger partial charge is 0.548 e. The van der Waals surface area contributed by atoms with Crippen LogP contribution in [0.2, 0.25) is 0 Å². The van der Waals surface area contributed by atoms with Gasteiger partial charge >= 0.3 is 37.7 Å². The summed E-state index contributed by atoms with van der Waals surface area (Å²) in [6.45, 7) is 3.50. The number of unbranched alkanes of at least 4 members (excludes halogenated alkanes) is 2. The summed E-state index contributed by atoms with van der Waals surface area (Å²) < 4.78 is 0. The van der Waals surface area contributed by atoms with Crippen molar-refractivity contribution in [2.24, 2.45) is 0 Å². The molecule has 0 saturated carbocycles. The van der Waals surface area contributed by atoms with Gasteiger partial charge in [-0.2, -0.15) is 0 Å². The zero-order valence-electron chi connectivity index (χ0n) is 19.4. The van der Waals surface area contributed by atoms with Gasteiger partial charge in [0.05, 0.1) is 25.0 Å². The standard InChI is InChI=1S/2C11H19NO3.Ca/c2*1-3-4-5-6-7-8-10(13)12(2)9-11(14)15;/h2*5-6H,3-4,7-9H2,1-2H3,(H,14,15);/q;;+2/p-2/b2*6-5+;. The molecule has 0 aliphatic carbocycles. The summed E-state index contributed by atoms with van der Waals surface area (Å²) in [5, 5.41) is 20.4. The molecule has 9 heteroatoms. The van der Waals surface area contributed by atoms with E-state index in [0.717, 1.165) is 25.7 Å². The molecular weight excluding hydrogens is 428 g/mol. The molecule has 0 aromatic heterocycles. The van der Waals surface area contributed by atoms with Gasteiger partial charge in [-0.15, -0.1) is 0 Å². The molecule has 31 heavy (non-hydrogen) atoms. The molecule has 2 amide bonds. The number of amides is 2. The first-order valence-electron chi connectivity index (χ1n) is 10.3. The number of likely N-dealkylation sites (N-methyl/N-ethyl adjacent to an activating group) is 2. The zero-order chi connectivity index (χ0) is 23.4. The Balaban J connectivity index is -0.000000490. The molecule has 0 unspecified atom stereocenters. The maximum Gasteiger partial charge on any atom is 2.00 e. The third-order valence-electron chi connectivity index (χ3n) is 3.88. The minimum Gasteiger partial charge on any atom is -0.548 e. The molecule has 0 rings (SSSR count). The topological polar surface area (TPSA) is 121 Å². The number of rotatable bonds is 14. The first kappa shape index (κ1) is 34.2. The third-order valence-corrected chi connectivity index (χ3v) is 3.88. The predicted octanol–water partition coefficient (Wildman–Crippen LogP) is 0.282. The van der Waals surface area contributed by atoms with Crippen LogP contribution in [0.1, 0.15) is 65.2 Å². The van der Waals surface area contributed by atoms with E-state index in [2.05, 4.69) is 13.8 Å². The Morgan fingerprint density at radius 1 is 0.645 bits per heavy atom. The predicted molar refractivity (Wildman–Crippen MR) is 118 cm³/mol. The van der Waals surface area contributed by atoms with Crippen LogP contribution < -0.4 is 10.2 Å². The van der Waals surface area contributed by atoms with Crippen LogP contribution in [0.4, 0.5) is 0 Å². The van der Waals surface area contributed by atoms with E-state index in [0.29, 0.717) is 25.7 Å². The van der Waals surface area contributed by atoms with Gasteiger partial charge in [0.2, 0.25) is 11.8 Å². The van der Waals surface area contributed by atoms with Crippen LogP contribution in [-0.2, 0) is 19.2 Å². The van der Waals surface area contributed by atoms with Crippen molar-refractivity contribution in [3.05, 3.63) is 24.3 Å². The van der Waals surface area contributed by atoms with E-state index in [1.807, 2.05) is 24.3 Å². The number of aliphatic carboxylic acids is 2. The van der Waals surface area contributed by atoms with Crippen LogP contribution in [0.3, 0.4) is 0 Å². The molecule has 0 spiro atoms. The van der Waals surface area contributed by atoms with Crippen LogP contribution >= 0.6 is 0 Å². The molecule has 0 N–H and O–H groups in total. The monoisotopic (exact) mass is 464 g/mol. The van der Waals surface area contributed by atoms with Gasteiger partial charge in [0, 0.05) is 26.9 Å². The molecule has 0 fully saturated rings. The summed E-state index contributed by atoms with van der Waals surface area (Å²) in [5.74, 6) is -2.79. The molecule has 0 aromatic rings. The molecule has 0 atom stereocenters. The molecular formula is C22H36CaN2O6. The summed E-state index contributed by atoms with van der Waals surface area (Å²) in [6, 6.07) is 0. The largest absolute Gasteiger partial charge is 2.00 e. The summed E-state index contributed by atoms with van der Waals surface area (Å²) in [5.41, 5.74) is 0. The van der Waals surface area contributed by atoms with Crippen molar-refractivity contribution in [3.63, 3.8) is 0 Å². The molecule has 0 radical (unpaired) electrons. The Kier molecular flexibility index (Phi) is 25.7. The quantitative estimate of drug-likeness (QED) is 0.269. The second kappa shape index (κ2) is 23.3. The molecule has 0 bridgehead atoms. The Bertz CT molecular complexity index is 528. The SMILES string of the molecule is CCC/C=C/CCC(=O)N(C)CC(=O)[O-].CCC/C=C/CCC(=O)N(C)CC(=O)[O-].[Ca+2]. The maximum atomic E-state index is 11.3. The van der Waals surface area contributed by atoms with E-state index < -0.39 is 11.9 Å². The normalized spacial score (nSPS) is 10.2. The van der Waals surface area contributed by atoms with Gasteiger partial charge in [-0.3, -0.25) is 9.59 Å². The fraction of sp³-hybridized carbons (Fsp3) is 0.636. The number of hydrogen-bond acceptors (Lipinski definition) is 6. The Morgan fingerprint density at radius 2 is 0.935 bits per heavy atom. The van der Waals surface area contributed by atoms with Crippen LogP contribution in [0.15, 0.2) is 24.3 Å². The van der Waals surface area contributed by atoms with Gasteiger partial charge in [0.1, 0.15) is 0 Å². The van der Waals surface area contributed by atoms with E-state index in [1.54, 1.807) is 0 Å².